The van der Waals surface area contributed by atoms with Gasteiger partial charge in [0.25, 0.3) is 0 Å². The maximum atomic E-state index is 10.3. The fraction of sp³-hybridized carbons (Fsp3) is 0.250. The van der Waals surface area contributed by atoms with Crippen LogP contribution in [0.3, 0.4) is 0 Å². The molecular weight excluding hydrogens is 258 g/mol. The molecule has 0 aliphatic carbocycles. The van der Waals surface area contributed by atoms with E-state index in [1.807, 2.05) is 49.4 Å². The Morgan fingerprint density at radius 3 is 2.42 bits per heavy atom. The molecule has 0 spiro atoms. The first-order valence-electron chi connectivity index (χ1n) is 6.32. The smallest absolute Gasteiger partial charge is 0.0773 e. The summed E-state index contributed by atoms with van der Waals surface area (Å²) in [7, 11) is 0. The second-order valence-electron chi connectivity index (χ2n) is 4.75. The molecule has 2 rings (SSSR count). The van der Waals surface area contributed by atoms with E-state index in [0.29, 0.717) is 11.4 Å². The lowest BCUT2D eigenvalue weighted by Gasteiger charge is -2.22. The highest BCUT2D eigenvalue weighted by Crippen LogP contribution is 2.28. The van der Waals surface area contributed by atoms with E-state index in [1.54, 1.807) is 6.07 Å². The summed E-state index contributed by atoms with van der Waals surface area (Å²) >= 11 is 6.18. The summed E-state index contributed by atoms with van der Waals surface area (Å²) in [5, 5.41) is 10.9. The molecule has 0 radical (unpaired) electrons. The topological polar surface area (TPSA) is 46.2 Å². The lowest BCUT2D eigenvalue weighted by molar-refractivity contribution is 0.145. The van der Waals surface area contributed by atoms with Gasteiger partial charge in [0.15, 0.2) is 0 Å². The molecule has 0 saturated carbocycles. The van der Waals surface area contributed by atoms with E-state index in [-0.39, 0.29) is 0 Å². The van der Waals surface area contributed by atoms with Gasteiger partial charge in [0.05, 0.1) is 12.1 Å². The van der Waals surface area contributed by atoms with Crippen LogP contribution in [-0.4, -0.2) is 11.2 Å². The highest BCUT2D eigenvalue weighted by atomic mass is 35.5. The maximum absolute atomic E-state index is 10.3. The maximum Gasteiger partial charge on any atom is 0.0773 e. The molecule has 0 aliphatic heterocycles. The fourth-order valence-electron chi connectivity index (χ4n) is 2.24. The monoisotopic (exact) mass is 275 g/mol. The average molecular weight is 276 g/mol. The van der Waals surface area contributed by atoms with Crippen molar-refractivity contribution in [2.75, 3.05) is 0 Å². The Labute approximate surface area is 118 Å². The van der Waals surface area contributed by atoms with Gasteiger partial charge >= 0.3 is 0 Å². The molecule has 2 aromatic rings. The number of rotatable bonds is 4. The molecule has 3 N–H and O–H groups in total. The molecule has 100 valence electrons. The van der Waals surface area contributed by atoms with Gasteiger partial charge in [0.1, 0.15) is 0 Å². The Hall–Kier alpha value is -1.35. The number of aryl methyl sites for hydroxylation is 1. The van der Waals surface area contributed by atoms with Gasteiger partial charge in [-0.15, -0.1) is 0 Å². The van der Waals surface area contributed by atoms with Gasteiger partial charge in [-0.05, 0) is 29.7 Å². The molecule has 0 fully saturated rings. The SMILES string of the molecule is Cc1cccc(Cl)c1[C@@H](N)[C@@H](O)Cc1ccccc1. The highest BCUT2D eigenvalue weighted by molar-refractivity contribution is 6.31. The van der Waals surface area contributed by atoms with Crippen LogP contribution < -0.4 is 5.73 Å². The number of aliphatic hydroxyl groups is 1. The number of halogens is 1. The van der Waals surface area contributed by atoms with E-state index in [2.05, 4.69) is 0 Å². The van der Waals surface area contributed by atoms with Crippen molar-refractivity contribution in [3.05, 3.63) is 70.2 Å². The van der Waals surface area contributed by atoms with E-state index in [1.165, 1.54) is 0 Å². The third kappa shape index (κ3) is 3.35. The average Bonchev–Trinajstić information content (AvgIpc) is 2.39. The summed E-state index contributed by atoms with van der Waals surface area (Å²) < 4.78 is 0. The number of nitrogens with two attached hydrogens (primary N) is 1. The van der Waals surface area contributed by atoms with Crippen molar-refractivity contribution in [1.29, 1.82) is 0 Å². The van der Waals surface area contributed by atoms with Crippen LogP contribution in [0, 0.1) is 6.92 Å². The van der Waals surface area contributed by atoms with Crippen molar-refractivity contribution in [3.8, 4) is 0 Å². The van der Waals surface area contributed by atoms with Gasteiger partial charge in [-0.3, -0.25) is 0 Å². The zero-order valence-electron chi connectivity index (χ0n) is 10.9. The molecule has 0 heterocycles. The predicted octanol–water partition coefficient (Wildman–Crippen LogP) is 3.25. The molecule has 0 unspecified atom stereocenters. The molecule has 2 atom stereocenters. The largest absolute Gasteiger partial charge is 0.391 e. The summed E-state index contributed by atoms with van der Waals surface area (Å²) in [4.78, 5) is 0. The summed E-state index contributed by atoms with van der Waals surface area (Å²) in [6.07, 6.45) is -0.131. The highest BCUT2D eigenvalue weighted by Gasteiger charge is 2.21. The Morgan fingerprint density at radius 2 is 1.79 bits per heavy atom. The fourth-order valence-corrected chi connectivity index (χ4v) is 2.59. The first kappa shape index (κ1) is 14.1. The molecule has 0 bridgehead atoms. The Balaban J connectivity index is 2.17. The van der Waals surface area contributed by atoms with Crippen molar-refractivity contribution < 1.29 is 5.11 Å². The van der Waals surface area contributed by atoms with E-state index in [9.17, 15) is 5.11 Å². The lowest BCUT2D eigenvalue weighted by atomic mass is 9.94. The summed E-state index contributed by atoms with van der Waals surface area (Å²) in [5.74, 6) is 0. The molecular formula is C16H18ClNO. The Kier molecular flexibility index (Phi) is 4.59. The van der Waals surface area contributed by atoms with Gasteiger partial charge in [-0.1, -0.05) is 54.1 Å². The van der Waals surface area contributed by atoms with Crippen molar-refractivity contribution in [3.63, 3.8) is 0 Å². The molecule has 2 aromatic carbocycles. The van der Waals surface area contributed by atoms with Gasteiger partial charge in [-0.25, -0.2) is 0 Å². The Morgan fingerprint density at radius 1 is 1.11 bits per heavy atom. The lowest BCUT2D eigenvalue weighted by Crippen LogP contribution is -2.29. The quantitative estimate of drug-likeness (QED) is 0.900. The minimum atomic E-state index is -0.652. The van der Waals surface area contributed by atoms with Gasteiger partial charge in [-0.2, -0.15) is 0 Å². The first-order chi connectivity index (χ1) is 9.09. The molecule has 0 amide bonds. The zero-order chi connectivity index (χ0) is 13.8. The van der Waals surface area contributed by atoms with E-state index >= 15 is 0 Å². The minimum absolute atomic E-state index is 0.478. The Bertz CT molecular complexity index is 521. The number of hydrogen-bond donors (Lipinski definition) is 2. The summed E-state index contributed by atoms with van der Waals surface area (Å²) in [6, 6.07) is 15.0. The van der Waals surface area contributed by atoms with E-state index < -0.39 is 12.1 Å². The van der Waals surface area contributed by atoms with E-state index in [0.717, 1.165) is 16.7 Å². The molecule has 0 aromatic heterocycles. The summed E-state index contributed by atoms with van der Waals surface area (Å²) in [5.41, 5.74) is 9.05. The number of benzene rings is 2. The normalized spacial score (nSPS) is 14.1. The van der Waals surface area contributed by atoms with Crippen LogP contribution in [0.4, 0.5) is 0 Å². The van der Waals surface area contributed by atoms with Crippen LogP contribution in [-0.2, 0) is 6.42 Å². The second kappa shape index (κ2) is 6.20. The van der Waals surface area contributed by atoms with Crippen molar-refractivity contribution in [2.45, 2.75) is 25.5 Å². The van der Waals surface area contributed by atoms with Crippen molar-refractivity contribution in [2.24, 2.45) is 5.73 Å². The zero-order valence-corrected chi connectivity index (χ0v) is 11.6. The predicted molar refractivity (Wildman–Crippen MR) is 79.3 cm³/mol. The van der Waals surface area contributed by atoms with Crippen LogP contribution in [0.2, 0.25) is 5.02 Å². The number of aliphatic hydroxyl groups excluding tert-OH is 1. The first-order valence-corrected chi connectivity index (χ1v) is 6.70. The van der Waals surface area contributed by atoms with Gasteiger partial charge < -0.3 is 10.8 Å². The standard InChI is InChI=1S/C16H18ClNO/c1-11-6-5-9-13(17)15(11)16(18)14(19)10-12-7-3-2-4-8-12/h2-9,14,16,19H,10,18H2,1H3/t14-,16-/m0/s1. The van der Waals surface area contributed by atoms with Gasteiger partial charge in [0, 0.05) is 11.4 Å². The van der Waals surface area contributed by atoms with Crippen LogP contribution in [0.5, 0.6) is 0 Å². The molecule has 0 saturated heterocycles. The van der Waals surface area contributed by atoms with Crippen molar-refractivity contribution in [1.82, 2.24) is 0 Å². The van der Waals surface area contributed by atoms with Crippen LogP contribution in [0.15, 0.2) is 48.5 Å². The third-order valence-electron chi connectivity index (χ3n) is 3.31. The molecule has 3 heteroatoms. The van der Waals surface area contributed by atoms with Gasteiger partial charge in [0.2, 0.25) is 0 Å². The van der Waals surface area contributed by atoms with E-state index in [4.69, 9.17) is 17.3 Å². The van der Waals surface area contributed by atoms with Crippen LogP contribution in [0.1, 0.15) is 22.7 Å². The molecule has 2 nitrogen and oxygen atoms in total. The third-order valence-corrected chi connectivity index (χ3v) is 3.64. The second-order valence-corrected chi connectivity index (χ2v) is 5.16. The minimum Gasteiger partial charge on any atom is -0.391 e. The van der Waals surface area contributed by atoms with Crippen LogP contribution >= 0.6 is 11.6 Å². The van der Waals surface area contributed by atoms with Crippen molar-refractivity contribution >= 4 is 11.6 Å². The van der Waals surface area contributed by atoms with Crippen LogP contribution in [0.25, 0.3) is 0 Å². The summed E-state index contributed by atoms with van der Waals surface area (Å²) in [6.45, 7) is 1.95. The molecule has 19 heavy (non-hydrogen) atoms. The number of hydrogen-bond acceptors (Lipinski definition) is 2. The molecule has 0 aliphatic rings.